The Bertz CT molecular complexity index is 642. The molecule has 6 nitrogen and oxygen atoms in total. The van der Waals surface area contributed by atoms with E-state index in [0.717, 1.165) is 0 Å². The first-order valence-electron chi connectivity index (χ1n) is 5.93. The molecule has 1 unspecified atom stereocenters. The molecule has 2 atom stereocenters. The summed E-state index contributed by atoms with van der Waals surface area (Å²) in [4.78, 5) is -0.116. The number of sulfonamides is 1. The molecule has 1 aliphatic heterocycles. The van der Waals surface area contributed by atoms with Gasteiger partial charge in [0.05, 0.1) is 17.7 Å². The molecule has 0 saturated carbocycles. The second-order valence-corrected chi connectivity index (χ2v) is 6.53. The lowest BCUT2D eigenvalue weighted by Crippen LogP contribution is -2.43. The van der Waals surface area contributed by atoms with Gasteiger partial charge in [0.15, 0.2) is 0 Å². The molecule has 0 amide bonds. The number of hydrogen-bond donors (Lipinski definition) is 2. The number of nitrogens with zero attached hydrogens (tertiary/aromatic N) is 1. The third-order valence-electron chi connectivity index (χ3n) is 3.12. The van der Waals surface area contributed by atoms with Crippen LogP contribution in [0.25, 0.3) is 0 Å². The highest BCUT2D eigenvalue weighted by Crippen LogP contribution is 2.21. The van der Waals surface area contributed by atoms with Crippen LogP contribution in [0.2, 0.25) is 5.02 Å². The lowest BCUT2D eigenvalue weighted by atomic mass is 10.2. The second kappa shape index (κ2) is 6.08. The lowest BCUT2D eigenvalue weighted by molar-refractivity contribution is 0.103. The minimum Gasteiger partial charge on any atom is -0.378 e. The average Bonchev–Trinajstić information content (AvgIpc) is 2.85. The molecule has 1 saturated heterocycles. The Morgan fingerprint density at radius 3 is 2.90 bits per heavy atom. The molecule has 0 bridgehead atoms. The monoisotopic (exact) mass is 315 g/mol. The fraction of sp³-hybridized carbons (Fsp3) is 0.417. The molecular weight excluding hydrogens is 302 g/mol. The van der Waals surface area contributed by atoms with Gasteiger partial charge in [-0.3, -0.25) is 0 Å². The van der Waals surface area contributed by atoms with Gasteiger partial charge < -0.3 is 10.1 Å². The molecule has 1 fully saturated rings. The van der Waals surface area contributed by atoms with Crippen LogP contribution in [-0.4, -0.2) is 40.8 Å². The minimum absolute atomic E-state index is 0.0572. The number of ether oxygens (including phenoxy) is 1. The summed E-state index contributed by atoms with van der Waals surface area (Å²) >= 11 is 5.81. The quantitative estimate of drug-likeness (QED) is 0.843. The SMILES string of the molecule is CO[C@H]1CNCC1NS(=O)(=O)c1cc(Cl)ccc1C#N. The molecule has 1 aliphatic rings. The van der Waals surface area contributed by atoms with Crippen molar-refractivity contribution < 1.29 is 13.2 Å². The highest BCUT2D eigenvalue weighted by molar-refractivity contribution is 7.89. The van der Waals surface area contributed by atoms with Crippen LogP contribution in [0.5, 0.6) is 0 Å². The van der Waals surface area contributed by atoms with E-state index in [1.54, 1.807) is 0 Å². The Morgan fingerprint density at radius 1 is 1.50 bits per heavy atom. The van der Waals surface area contributed by atoms with Crippen molar-refractivity contribution in [1.82, 2.24) is 10.0 Å². The maximum Gasteiger partial charge on any atom is 0.242 e. The molecule has 2 N–H and O–H groups in total. The highest BCUT2D eigenvalue weighted by atomic mass is 35.5. The van der Waals surface area contributed by atoms with Crippen molar-refractivity contribution in [3.8, 4) is 6.07 Å². The molecule has 2 rings (SSSR count). The van der Waals surface area contributed by atoms with Crippen LogP contribution in [0.1, 0.15) is 5.56 Å². The number of hydrogen-bond acceptors (Lipinski definition) is 5. The fourth-order valence-electron chi connectivity index (χ4n) is 2.09. The lowest BCUT2D eigenvalue weighted by Gasteiger charge is -2.19. The molecule has 1 aromatic carbocycles. The van der Waals surface area contributed by atoms with Crippen molar-refractivity contribution >= 4 is 21.6 Å². The summed E-state index contributed by atoms with van der Waals surface area (Å²) in [6.45, 7) is 1.05. The molecule has 8 heteroatoms. The summed E-state index contributed by atoms with van der Waals surface area (Å²) in [6.07, 6.45) is -0.241. The van der Waals surface area contributed by atoms with Crippen molar-refractivity contribution in [3.05, 3.63) is 28.8 Å². The van der Waals surface area contributed by atoms with E-state index in [-0.39, 0.29) is 27.6 Å². The van der Waals surface area contributed by atoms with Crippen molar-refractivity contribution in [2.45, 2.75) is 17.0 Å². The van der Waals surface area contributed by atoms with E-state index in [0.29, 0.717) is 13.1 Å². The molecule has 1 aromatic rings. The first kappa shape index (κ1) is 15.2. The number of methoxy groups -OCH3 is 1. The van der Waals surface area contributed by atoms with Gasteiger partial charge in [-0.25, -0.2) is 13.1 Å². The van der Waals surface area contributed by atoms with Gasteiger partial charge in [0, 0.05) is 25.2 Å². The molecule has 0 aromatic heterocycles. The predicted molar refractivity (Wildman–Crippen MR) is 73.9 cm³/mol. The van der Waals surface area contributed by atoms with Crippen molar-refractivity contribution in [2.24, 2.45) is 0 Å². The van der Waals surface area contributed by atoms with Gasteiger partial charge in [-0.1, -0.05) is 11.6 Å². The highest BCUT2D eigenvalue weighted by Gasteiger charge is 2.32. The van der Waals surface area contributed by atoms with Crippen LogP contribution in [0.3, 0.4) is 0 Å². The summed E-state index contributed by atoms with van der Waals surface area (Å²) in [5.74, 6) is 0. The average molecular weight is 316 g/mol. The summed E-state index contributed by atoms with van der Waals surface area (Å²) in [6, 6.07) is 5.61. The van der Waals surface area contributed by atoms with E-state index >= 15 is 0 Å². The Kier molecular flexibility index (Phi) is 4.62. The number of rotatable bonds is 4. The third kappa shape index (κ3) is 3.11. The first-order valence-corrected chi connectivity index (χ1v) is 7.79. The molecule has 108 valence electrons. The zero-order valence-corrected chi connectivity index (χ0v) is 12.3. The standard InChI is InChI=1S/C12H14ClN3O3S/c1-19-11-7-15-6-10(11)16-20(17,18)12-4-9(13)3-2-8(12)5-14/h2-4,10-11,15-16H,6-7H2,1H3/t10?,11-/m0/s1. The third-order valence-corrected chi connectivity index (χ3v) is 4.89. The number of nitrogens with one attached hydrogen (secondary N) is 2. The topological polar surface area (TPSA) is 91.2 Å². The fourth-order valence-corrected chi connectivity index (χ4v) is 3.78. The van der Waals surface area contributed by atoms with Crippen LogP contribution in [0, 0.1) is 11.3 Å². The zero-order chi connectivity index (χ0) is 14.8. The Morgan fingerprint density at radius 2 is 2.25 bits per heavy atom. The Labute approximate surface area is 122 Å². The maximum atomic E-state index is 12.4. The minimum atomic E-state index is -3.83. The largest absolute Gasteiger partial charge is 0.378 e. The van der Waals surface area contributed by atoms with E-state index in [1.807, 2.05) is 6.07 Å². The Balaban J connectivity index is 2.31. The van der Waals surface area contributed by atoms with Crippen molar-refractivity contribution in [1.29, 1.82) is 5.26 Å². The normalized spacial score (nSPS) is 22.6. The van der Waals surface area contributed by atoms with Crippen LogP contribution in [-0.2, 0) is 14.8 Å². The second-order valence-electron chi connectivity index (χ2n) is 4.41. The summed E-state index contributed by atoms with van der Waals surface area (Å²) in [7, 11) is -2.30. The molecule has 20 heavy (non-hydrogen) atoms. The van der Waals surface area contributed by atoms with Crippen molar-refractivity contribution in [3.63, 3.8) is 0 Å². The van der Waals surface area contributed by atoms with Gasteiger partial charge in [-0.05, 0) is 18.2 Å². The van der Waals surface area contributed by atoms with E-state index in [2.05, 4.69) is 10.0 Å². The van der Waals surface area contributed by atoms with E-state index in [1.165, 1.54) is 25.3 Å². The molecule has 0 spiro atoms. The van der Waals surface area contributed by atoms with Crippen LogP contribution < -0.4 is 10.0 Å². The zero-order valence-electron chi connectivity index (χ0n) is 10.8. The van der Waals surface area contributed by atoms with E-state index in [9.17, 15) is 8.42 Å². The Hall–Kier alpha value is -1.17. The number of halogens is 1. The number of benzene rings is 1. The summed E-state index contributed by atoms with van der Waals surface area (Å²) < 4.78 is 32.5. The maximum absolute atomic E-state index is 12.4. The van der Waals surface area contributed by atoms with Crippen LogP contribution in [0.15, 0.2) is 23.1 Å². The molecule has 0 aliphatic carbocycles. The van der Waals surface area contributed by atoms with Gasteiger partial charge in [-0.2, -0.15) is 5.26 Å². The van der Waals surface area contributed by atoms with Gasteiger partial charge in [-0.15, -0.1) is 0 Å². The smallest absolute Gasteiger partial charge is 0.242 e. The van der Waals surface area contributed by atoms with Crippen molar-refractivity contribution in [2.75, 3.05) is 20.2 Å². The van der Waals surface area contributed by atoms with Gasteiger partial charge in [0.2, 0.25) is 10.0 Å². The predicted octanol–water partition coefficient (Wildman–Crippen LogP) is 0.477. The van der Waals surface area contributed by atoms with E-state index in [4.69, 9.17) is 21.6 Å². The summed E-state index contributed by atoms with van der Waals surface area (Å²) in [5.41, 5.74) is 0.0572. The first-order chi connectivity index (χ1) is 9.47. The molecular formula is C12H14ClN3O3S. The van der Waals surface area contributed by atoms with E-state index < -0.39 is 10.0 Å². The van der Waals surface area contributed by atoms with Gasteiger partial charge in [0.25, 0.3) is 0 Å². The van der Waals surface area contributed by atoms with Gasteiger partial charge in [0.1, 0.15) is 11.0 Å². The molecule has 0 radical (unpaired) electrons. The summed E-state index contributed by atoms with van der Waals surface area (Å²) in [5, 5.41) is 12.3. The van der Waals surface area contributed by atoms with Crippen LogP contribution in [0.4, 0.5) is 0 Å². The van der Waals surface area contributed by atoms with Gasteiger partial charge >= 0.3 is 0 Å². The number of nitriles is 1. The molecule has 1 heterocycles. The van der Waals surface area contributed by atoms with Crippen LogP contribution >= 0.6 is 11.6 Å².